The van der Waals surface area contributed by atoms with E-state index in [1.54, 1.807) is 14.2 Å². The van der Waals surface area contributed by atoms with Crippen LogP contribution in [0.15, 0.2) is 0 Å². The highest BCUT2D eigenvalue weighted by atomic mass is 16.5. The van der Waals surface area contributed by atoms with E-state index in [2.05, 4.69) is 10.2 Å². The molecule has 0 aromatic heterocycles. The lowest BCUT2D eigenvalue weighted by Gasteiger charge is -2.33. The molecule has 0 aromatic rings. The maximum absolute atomic E-state index is 11.1. The van der Waals surface area contributed by atoms with Crippen LogP contribution in [0.5, 0.6) is 0 Å². The zero-order chi connectivity index (χ0) is 11.3. The van der Waals surface area contributed by atoms with Crippen LogP contribution in [0.4, 0.5) is 0 Å². The molecule has 2 unspecified atom stereocenters. The molecule has 0 spiro atoms. The lowest BCUT2D eigenvalue weighted by molar-refractivity contribution is -0.120. The molecule has 2 atom stereocenters. The zero-order valence-electron chi connectivity index (χ0n) is 9.53. The van der Waals surface area contributed by atoms with Crippen molar-refractivity contribution in [2.75, 3.05) is 33.8 Å². The van der Waals surface area contributed by atoms with Gasteiger partial charge in [0, 0.05) is 20.2 Å². The third-order valence-corrected chi connectivity index (χ3v) is 2.93. The Labute approximate surface area is 90.9 Å². The molecule has 1 heterocycles. The molecule has 1 fully saturated rings. The highest BCUT2D eigenvalue weighted by Crippen LogP contribution is 2.12. The van der Waals surface area contributed by atoms with Crippen LogP contribution in [0.2, 0.25) is 0 Å². The Morgan fingerprint density at radius 2 is 2.47 bits per heavy atom. The number of methoxy groups -OCH3 is 1. The lowest BCUT2D eigenvalue weighted by atomic mass is 10.1. The first-order chi connectivity index (χ1) is 7.17. The molecule has 0 aromatic carbocycles. The molecule has 15 heavy (non-hydrogen) atoms. The van der Waals surface area contributed by atoms with Crippen molar-refractivity contribution in [3.8, 4) is 0 Å². The average molecular weight is 215 g/mol. The van der Waals surface area contributed by atoms with E-state index >= 15 is 0 Å². The Kier molecular flexibility index (Phi) is 5.01. The molecule has 1 saturated heterocycles. The number of amides is 1. The molecule has 0 aliphatic carbocycles. The van der Waals surface area contributed by atoms with Gasteiger partial charge in [-0.2, -0.15) is 0 Å². The van der Waals surface area contributed by atoms with E-state index < -0.39 is 0 Å². The first-order valence-electron chi connectivity index (χ1n) is 5.39. The number of carbonyl (C=O) groups excluding carboxylic acids is 1. The van der Waals surface area contributed by atoms with Gasteiger partial charge < -0.3 is 15.8 Å². The molecule has 1 amide bonds. The Morgan fingerprint density at radius 1 is 1.73 bits per heavy atom. The van der Waals surface area contributed by atoms with Gasteiger partial charge in [0.05, 0.1) is 12.1 Å². The summed E-state index contributed by atoms with van der Waals surface area (Å²) in [5.41, 5.74) is 5.27. The number of carbonyl (C=O) groups is 1. The monoisotopic (exact) mass is 215 g/mol. The SMILES string of the molecule is CNC(CN1CCCC(OC)C1)C(N)=O. The van der Waals surface area contributed by atoms with Gasteiger partial charge in [0.15, 0.2) is 0 Å². The number of nitrogens with zero attached hydrogens (tertiary/aromatic N) is 1. The molecule has 3 N–H and O–H groups in total. The van der Waals surface area contributed by atoms with Crippen molar-refractivity contribution in [3.05, 3.63) is 0 Å². The summed E-state index contributed by atoms with van der Waals surface area (Å²) in [7, 11) is 3.49. The molecule has 5 nitrogen and oxygen atoms in total. The fourth-order valence-electron chi connectivity index (χ4n) is 1.95. The van der Waals surface area contributed by atoms with E-state index in [4.69, 9.17) is 10.5 Å². The topological polar surface area (TPSA) is 67.6 Å². The predicted octanol–water partition coefficient (Wildman–Crippen LogP) is -0.829. The van der Waals surface area contributed by atoms with E-state index in [1.807, 2.05) is 0 Å². The predicted molar refractivity (Wildman–Crippen MR) is 58.5 cm³/mol. The summed E-state index contributed by atoms with van der Waals surface area (Å²) in [6, 6.07) is -0.263. The van der Waals surface area contributed by atoms with Crippen molar-refractivity contribution in [1.29, 1.82) is 0 Å². The minimum atomic E-state index is -0.294. The second-order valence-electron chi connectivity index (χ2n) is 4.00. The van der Waals surface area contributed by atoms with E-state index in [1.165, 1.54) is 0 Å². The minimum absolute atomic E-state index is 0.263. The highest BCUT2D eigenvalue weighted by molar-refractivity contribution is 5.80. The summed E-state index contributed by atoms with van der Waals surface area (Å²) < 4.78 is 5.32. The van der Waals surface area contributed by atoms with E-state index in [0.717, 1.165) is 25.9 Å². The van der Waals surface area contributed by atoms with Gasteiger partial charge >= 0.3 is 0 Å². The van der Waals surface area contributed by atoms with Gasteiger partial charge in [-0.1, -0.05) is 0 Å². The van der Waals surface area contributed by atoms with Gasteiger partial charge in [0.1, 0.15) is 0 Å². The van der Waals surface area contributed by atoms with E-state index in [9.17, 15) is 4.79 Å². The van der Waals surface area contributed by atoms with Crippen LogP contribution in [0, 0.1) is 0 Å². The first-order valence-corrected chi connectivity index (χ1v) is 5.39. The van der Waals surface area contributed by atoms with Crippen molar-refractivity contribution in [3.63, 3.8) is 0 Å². The number of piperidine rings is 1. The summed E-state index contributed by atoms with van der Waals surface area (Å²) >= 11 is 0. The van der Waals surface area contributed by atoms with E-state index in [-0.39, 0.29) is 11.9 Å². The fourth-order valence-corrected chi connectivity index (χ4v) is 1.95. The minimum Gasteiger partial charge on any atom is -0.380 e. The van der Waals surface area contributed by atoms with Gasteiger partial charge in [-0.15, -0.1) is 0 Å². The number of hydrogen-bond acceptors (Lipinski definition) is 4. The third kappa shape index (κ3) is 3.77. The second-order valence-corrected chi connectivity index (χ2v) is 4.00. The number of hydrogen-bond donors (Lipinski definition) is 2. The van der Waals surface area contributed by atoms with Crippen molar-refractivity contribution >= 4 is 5.91 Å². The van der Waals surface area contributed by atoms with Crippen LogP contribution >= 0.6 is 0 Å². The second kappa shape index (κ2) is 6.05. The number of likely N-dealkylation sites (N-methyl/N-ethyl adjacent to an activating group) is 1. The Bertz CT molecular complexity index is 211. The number of ether oxygens (including phenoxy) is 1. The third-order valence-electron chi connectivity index (χ3n) is 2.93. The molecule has 1 aliphatic heterocycles. The largest absolute Gasteiger partial charge is 0.380 e. The normalized spacial score (nSPS) is 25.1. The number of primary amides is 1. The summed E-state index contributed by atoms with van der Waals surface area (Å²) in [5.74, 6) is -0.294. The summed E-state index contributed by atoms with van der Waals surface area (Å²) in [6.07, 6.45) is 2.52. The molecule has 1 rings (SSSR count). The standard InChI is InChI=1S/C10H21N3O2/c1-12-9(10(11)14)7-13-5-3-4-8(6-13)15-2/h8-9,12H,3-7H2,1-2H3,(H2,11,14). The fraction of sp³-hybridized carbons (Fsp3) is 0.900. The molecule has 1 aliphatic rings. The number of likely N-dealkylation sites (tertiary alicyclic amines) is 1. The molecular formula is C10H21N3O2. The van der Waals surface area contributed by atoms with Crippen LogP contribution in [-0.2, 0) is 9.53 Å². The summed E-state index contributed by atoms with van der Waals surface area (Å²) in [5, 5.41) is 2.92. The van der Waals surface area contributed by atoms with Crippen LogP contribution in [0.1, 0.15) is 12.8 Å². The quantitative estimate of drug-likeness (QED) is 0.628. The molecule has 0 radical (unpaired) electrons. The van der Waals surface area contributed by atoms with Gasteiger partial charge in [-0.25, -0.2) is 0 Å². The van der Waals surface area contributed by atoms with Crippen molar-refractivity contribution < 1.29 is 9.53 Å². The smallest absolute Gasteiger partial charge is 0.235 e. The Morgan fingerprint density at radius 3 is 3.00 bits per heavy atom. The van der Waals surface area contributed by atoms with Crippen molar-refractivity contribution in [2.45, 2.75) is 25.0 Å². The molecule has 5 heteroatoms. The van der Waals surface area contributed by atoms with Crippen molar-refractivity contribution in [1.82, 2.24) is 10.2 Å². The van der Waals surface area contributed by atoms with Crippen LogP contribution in [0.25, 0.3) is 0 Å². The van der Waals surface area contributed by atoms with E-state index in [0.29, 0.717) is 12.6 Å². The summed E-state index contributed by atoms with van der Waals surface area (Å²) in [6.45, 7) is 2.58. The average Bonchev–Trinajstić information content (AvgIpc) is 2.25. The van der Waals surface area contributed by atoms with Crippen LogP contribution in [0.3, 0.4) is 0 Å². The highest BCUT2D eigenvalue weighted by Gasteiger charge is 2.23. The van der Waals surface area contributed by atoms with Gasteiger partial charge in [0.2, 0.25) is 5.91 Å². The van der Waals surface area contributed by atoms with Gasteiger partial charge in [-0.3, -0.25) is 9.69 Å². The molecular weight excluding hydrogens is 194 g/mol. The number of rotatable bonds is 5. The molecule has 88 valence electrons. The number of nitrogens with two attached hydrogens (primary N) is 1. The Balaban J connectivity index is 2.39. The zero-order valence-corrected chi connectivity index (χ0v) is 9.53. The maximum Gasteiger partial charge on any atom is 0.235 e. The maximum atomic E-state index is 11.1. The Hall–Kier alpha value is -0.650. The van der Waals surface area contributed by atoms with Gasteiger partial charge in [-0.05, 0) is 26.4 Å². The van der Waals surface area contributed by atoms with Crippen molar-refractivity contribution in [2.24, 2.45) is 5.73 Å². The number of nitrogens with one attached hydrogen (secondary N) is 1. The first kappa shape index (κ1) is 12.4. The molecule has 0 bridgehead atoms. The van der Waals surface area contributed by atoms with Gasteiger partial charge in [0.25, 0.3) is 0 Å². The summed E-state index contributed by atoms with van der Waals surface area (Å²) in [4.78, 5) is 13.3. The molecule has 0 saturated carbocycles. The lowest BCUT2D eigenvalue weighted by Crippen LogP contribution is -2.51. The van der Waals surface area contributed by atoms with Crippen LogP contribution < -0.4 is 11.1 Å². The van der Waals surface area contributed by atoms with Crippen LogP contribution in [-0.4, -0.2) is 56.7 Å².